The van der Waals surface area contributed by atoms with Crippen molar-refractivity contribution in [2.75, 3.05) is 18.5 Å². The Bertz CT molecular complexity index is 712. The van der Waals surface area contributed by atoms with Crippen LogP contribution in [0.4, 0.5) is 5.69 Å². The van der Waals surface area contributed by atoms with Crippen molar-refractivity contribution in [2.45, 2.75) is 23.5 Å². The van der Waals surface area contributed by atoms with Crippen molar-refractivity contribution in [3.8, 4) is 0 Å². The van der Waals surface area contributed by atoms with Gasteiger partial charge in [-0.15, -0.1) is 0 Å². The Kier molecular flexibility index (Phi) is 4.75. The minimum atomic E-state index is -3.93. The Morgan fingerprint density at radius 3 is 2.30 bits per heavy atom. The number of anilines is 1. The van der Waals surface area contributed by atoms with Gasteiger partial charge in [0.2, 0.25) is 10.0 Å². The Balaban J connectivity index is 3.06. The van der Waals surface area contributed by atoms with Gasteiger partial charge in [0.25, 0.3) is 0 Å². The molecule has 0 aliphatic heterocycles. The number of nitrogens with two attached hydrogens (primary N) is 1. The maximum Gasteiger partial charge on any atom is 0.242 e. The van der Waals surface area contributed by atoms with Crippen LogP contribution in [0.1, 0.15) is 13.8 Å². The molecular formula is C11H17ClN2O4S2. The second-order valence-corrected chi connectivity index (χ2v) is 9.84. The summed E-state index contributed by atoms with van der Waals surface area (Å²) in [6.07, 6.45) is 1.05. The second-order valence-electron chi connectivity index (χ2n) is 5.05. The van der Waals surface area contributed by atoms with Gasteiger partial charge in [0.15, 0.2) is 9.84 Å². The first kappa shape index (κ1) is 17.2. The van der Waals surface area contributed by atoms with Crippen LogP contribution in [-0.2, 0) is 19.9 Å². The summed E-state index contributed by atoms with van der Waals surface area (Å²) in [6.45, 7) is 2.61. The highest BCUT2D eigenvalue weighted by Gasteiger charge is 2.32. The predicted molar refractivity (Wildman–Crippen MR) is 80.0 cm³/mol. The lowest BCUT2D eigenvalue weighted by atomic mass is 10.2. The first-order valence-electron chi connectivity index (χ1n) is 5.61. The molecule has 0 radical (unpaired) electrons. The first-order chi connectivity index (χ1) is 8.87. The molecule has 0 bridgehead atoms. The largest absolute Gasteiger partial charge is 0.399 e. The SMILES string of the molecule is CC(C)(CNS(=O)(=O)c1cc(N)ccc1Cl)S(C)(=O)=O. The van der Waals surface area contributed by atoms with E-state index in [2.05, 4.69) is 4.72 Å². The van der Waals surface area contributed by atoms with Gasteiger partial charge in [0, 0.05) is 18.5 Å². The highest BCUT2D eigenvalue weighted by atomic mass is 35.5. The lowest BCUT2D eigenvalue weighted by Gasteiger charge is -2.22. The molecule has 20 heavy (non-hydrogen) atoms. The Labute approximate surface area is 124 Å². The second kappa shape index (κ2) is 5.51. The highest BCUT2D eigenvalue weighted by Crippen LogP contribution is 2.24. The van der Waals surface area contributed by atoms with Crippen molar-refractivity contribution in [2.24, 2.45) is 0 Å². The molecule has 0 aromatic heterocycles. The lowest BCUT2D eigenvalue weighted by molar-refractivity contribution is 0.537. The van der Waals surface area contributed by atoms with E-state index in [9.17, 15) is 16.8 Å². The Morgan fingerprint density at radius 2 is 1.80 bits per heavy atom. The number of sulfone groups is 1. The first-order valence-corrected chi connectivity index (χ1v) is 9.36. The third-order valence-corrected chi connectivity index (χ3v) is 6.97. The number of hydrogen-bond donors (Lipinski definition) is 2. The van der Waals surface area contributed by atoms with Crippen molar-refractivity contribution >= 4 is 37.1 Å². The van der Waals surface area contributed by atoms with Crippen molar-refractivity contribution in [1.29, 1.82) is 0 Å². The average molecular weight is 341 g/mol. The molecule has 0 aliphatic carbocycles. The molecule has 0 atom stereocenters. The molecule has 0 fully saturated rings. The normalized spacial score (nSPS) is 13.4. The standard InChI is InChI=1S/C11H17ClN2O4S2/c1-11(2,19(3,15)16)7-14-20(17,18)10-6-8(13)4-5-9(10)12/h4-6,14H,7,13H2,1-3H3. The summed E-state index contributed by atoms with van der Waals surface area (Å²) in [7, 11) is -7.34. The number of nitrogens with one attached hydrogen (secondary N) is 1. The molecule has 9 heteroatoms. The molecule has 0 amide bonds. The van der Waals surface area contributed by atoms with E-state index in [1.54, 1.807) is 0 Å². The molecule has 1 rings (SSSR count). The summed E-state index contributed by atoms with van der Waals surface area (Å²) < 4.78 is 48.4. The van der Waals surface area contributed by atoms with E-state index >= 15 is 0 Å². The molecule has 0 aliphatic rings. The summed E-state index contributed by atoms with van der Waals surface area (Å²) in [5.41, 5.74) is 5.78. The van der Waals surface area contributed by atoms with Gasteiger partial charge in [0.1, 0.15) is 4.90 Å². The third-order valence-electron chi connectivity index (χ3n) is 2.94. The van der Waals surface area contributed by atoms with E-state index in [-0.39, 0.29) is 22.2 Å². The van der Waals surface area contributed by atoms with Gasteiger partial charge >= 0.3 is 0 Å². The lowest BCUT2D eigenvalue weighted by Crippen LogP contribution is -2.43. The predicted octanol–water partition coefficient (Wildman–Crippen LogP) is 1.02. The molecule has 0 heterocycles. The number of hydrogen-bond acceptors (Lipinski definition) is 5. The maximum absolute atomic E-state index is 12.1. The molecule has 6 nitrogen and oxygen atoms in total. The van der Waals surface area contributed by atoms with E-state index in [0.29, 0.717) is 0 Å². The molecule has 1 aromatic rings. The molecule has 0 saturated heterocycles. The van der Waals surface area contributed by atoms with Gasteiger partial charge in [0.05, 0.1) is 9.77 Å². The van der Waals surface area contributed by atoms with Crippen LogP contribution >= 0.6 is 11.6 Å². The number of sulfonamides is 1. The van der Waals surface area contributed by atoms with Crippen LogP contribution in [0.2, 0.25) is 5.02 Å². The van der Waals surface area contributed by atoms with Gasteiger partial charge in [-0.25, -0.2) is 21.6 Å². The van der Waals surface area contributed by atoms with Crippen molar-refractivity contribution in [1.82, 2.24) is 4.72 Å². The fourth-order valence-corrected chi connectivity index (χ4v) is 3.37. The van der Waals surface area contributed by atoms with E-state index in [1.807, 2.05) is 0 Å². The Morgan fingerprint density at radius 1 is 1.25 bits per heavy atom. The van der Waals surface area contributed by atoms with Crippen LogP contribution in [-0.4, -0.2) is 34.4 Å². The van der Waals surface area contributed by atoms with E-state index in [4.69, 9.17) is 17.3 Å². The summed E-state index contributed by atoms with van der Waals surface area (Å²) in [4.78, 5) is -0.177. The monoisotopic (exact) mass is 340 g/mol. The van der Waals surface area contributed by atoms with Gasteiger partial charge in [-0.2, -0.15) is 0 Å². The molecule has 3 N–H and O–H groups in total. The highest BCUT2D eigenvalue weighted by molar-refractivity contribution is 7.92. The fraction of sp³-hybridized carbons (Fsp3) is 0.455. The molecule has 114 valence electrons. The van der Waals surface area contributed by atoms with Gasteiger partial charge < -0.3 is 5.73 Å². The maximum atomic E-state index is 12.1. The summed E-state index contributed by atoms with van der Waals surface area (Å²) in [5.74, 6) is 0. The molecule has 0 spiro atoms. The zero-order valence-corrected chi connectivity index (χ0v) is 13.7. The van der Waals surface area contributed by atoms with Crippen molar-refractivity contribution < 1.29 is 16.8 Å². The number of benzene rings is 1. The molecule has 0 saturated carbocycles. The van der Waals surface area contributed by atoms with Crippen LogP contribution in [0.5, 0.6) is 0 Å². The van der Waals surface area contributed by atoms with Crippen LogP contribution in [0.25, 0.3) is 0 Å². The van der Waals surface area contributed by atoms with Crippen molar-refractivity contribution in [3.05, 3.63) is 23.2 Å². The zero-order chi connectivity index (χ0) is 15.8. The third kappa shape index (κ3) is 3.85. The Hall–Kier alpha value is -0.830. The smallest absolute Gasteiger partial charge is 0.242 e. The number of nitrogen functional groups attached to an aromatic ring is 1. The van der Waals surface area contributed by atoms with Crippen LogP contribution in [0, 0.1) is 0 Å². The quantitative estimate of drug-likeness (QED) is 0.778. The van der Waals surface area contributed by atoms with E-state index in [1.165, 1.54) is 32.0 Å². The molecular weight excluding hydrogens is 324 g/mol. The number of rotatable bonds is 5. The minimum absolute atomic E-state index is 0.0175. The molecule has 0 unspecified atom stereocenters. The fourth-order valence-electron chi connectivity index (χ4n) is 1.20. The van der Waals surface area contributed by atoms with E-state index < -0.39 is 24.6 Å². The average Bonchev–Trinajstić information content (AvgIpc) is 2.28. The van der Waals surface area contributed by atoms with Gasteiger partial charge in [-0.1, -0.05) is 11.6 Å². The minimum Gasteiger partial charge on any atom is -0.399 e. The van der Waals surface area contributed by atoms with Crippen LogP contribution in [0.15, 0.2) is 23.1 Å². The topological polar surface area (TPSA) is 106 Å². The molecule has 1 aromatic carbocycles. The van der Waals surface area contributed by atoms with Gasteiger partial charge in [-0.05, 0) is 32.0 Å². The van der Waals surface area contributed by atoms with Crippen LogP contribution in [0.3, 0.4) is 0 Å². The summed E-state index contributed by atoms with van der Waals surface area (Å²) in [5, 5.41) is 0.0175. The summed E-state index contributed by atoms with van der Waals surface area (Å²) >= 11 is 5.83. The zero-order valence-electron chi connectivity index (χ0n) is 11.3. The van der Waals surface area contributed by atoms with Gasteiger partial charge in [-0.3, -0.25) is 0 Å². The van der Waals surface area contributed by atoms with Crippen molar-refractivity contribution in [3.63, 3.8) is 0 Å². The van der Waals surface area contributed by atoms with Crippen LogP contribution < -0.4 is 10.5 Å². The number of halogens is 1. The van der Waals surface area contributed by atoms with E-state index in [0.717, 1.165) is 6.26 Å². The summed E-state index contributed by atoms with van der Waals surface area (Å²) in [6, 6.07) is 4.06.